The molecule has 0 aromatic carbocycles. The first-order valence-electron chi connectivity index (χ1n) is 16.4. The van der Waals surface area contributed by atoms with Gasteiger partial charge in [-0.1, -0.05) is 27.4 Å². The van der Waals surface area contributed by atoms with Crippen LogP contribution < -0.4 is 0 Å². The largest absolute Gasteiger partial charge is 0.439 e. The molecule has 4 unspecified atom stereocenters. The summed E-state index contributed by atoms with van der Waals surface area (Å²) in [6.45, 7) is 15.4. The van der Waals surface area contributed by atoms with Gasteiger partial charge in [0.25, 0.3) is 33.8 Å². The first-order chi connectivity index (χ1) is 22.4. The molecular formula is C18H76O16Si17. The van der Waals surface area contributed by atoms with Crippen molar-refractivity contribution in [1.29, 1.82) is 0 Å². The zero-order valence-corrected chi connectivity index (χ0v) is 53.9. The van der Waals surface area contributed by atoms with Crippen LogP contribution in [-0.2, 0) is 29.1 Å². The zero-order valence-electron chi connectivity index (χ0n) is 33.4. The van der Waals surface area contributed by atoms with E-state index in [1.165, 1.54) is 33.3 Å². The third kappa shape index (κ3) is 15.2. The van der Waals surface area contributed by atoms with Crippen molar-refractivity contribution in [2.75, 3.05) is 7.11 Å². The Morgan fingerprint density at radius 1 is 0.627 bits per heavy atom. The van der Waals surface area contributed by atoms with Crippen LogP contribution in [0.2, 0.25) is 72.0 Å². The van der Waals surface area contributed by atoms with E-state index in [0.29, 0.717) is 0 Å². The Bertz CT molecular complexity index is 974. The average Bonchev–Trinajstić information content (AvgIpc) is 2.95. The van der Waals surface area contributed by atoms with Crippen LogP contribution in [0.3, 0.4) is 0 Å². The van der Waals surface area contributed by atoms with Crippen LogP contribution in [0.4, 0.5) is 0 Å². The van der Waals surface area contributed by atoms with Gasteiger partial charge in [-0.05, 0) is 78.9 Å². The van der Waals surface area contributed by atoms with Gasteiger partial charge in [0.1, 0.15) is 0 Å². The van der Waals surface area contributed by atoms with Gasteiger partial charge in [-0.3, -0.25) is 0 Å². The lowest BCUT2D eigenvalue weighted by Gasteiger charge is -2.63. The molecule has 312 valence electrons. The fourth-order valence-corrected chi connectivity index (χ4v) is 293. The van der Waals surface area contributed by atoms with Gasteiger partial charge in [0.05, 0.1) is 0 Å². The van der Waals surface area contributed by atoms with Crippen LogP contribution >= 0.6 is 0 Å². The van der Waals surface area contributed by atoms with E-state index in [-0.39, 0.29) is 17.2 Å². The van der Waals surface area contributed by atoms with Gasteiger partial charge in [-0.25, -0.2) is 0 Å². The molecule has 51 heavy (non-hydrogen) atoms. The van der Waals surface area contributed by atoms with Gasteiger partial charge in [0, 0.05) is 16.9 Å². The van der Waals surface area contributed by atoms with Crippen molar-refractivity contribution in [2.24, 2.45) is 0 Å². The minimum atomic E-state index is -4.92. The van der Waals surface area contributed by atoms with E-state index in [1.807, 2.05) is 40.4 Å². The summed E-state index contributed by atoms with van der Waals surface area (Å²) < 4.78 is 47.0. The number of allylic oxidation sites excluding steroid dienone is 1. The highest BCUT2D eigenvalue weighted by atomic mass is 30.3. The van der Waals surface area contributed by atoms with Gasteiger partial charge in [-0.2, -0.15) is 0 Å². The summed E-state index contributed by atoms with van der Waals surface area (Å²) in [5.41, 5.74) is 0. The Morgan fingerprint density at radius 3 is 1.27 bits per heavy atom. The molecule has 16 nitrogen and oxygen atoms in total. The van der Waals surface area contributed by atoms with Crippen molar-refractivity contribution in [2.45, 2.75) is 100 Å². The third-order valence-electron chi connectivity index (χ3n) is 7.35. The lowest BCUT2D eigenvalue weighted by Crippen LogP contribution is -3.03. The van der Waals surface area contributed by atoms with E-state index in [1.54, 1.807) is 32.3 Å². The van der Waals surface area contributed by atoms with Crippen LogP contribution in [0.25, 0.3) is 0 Å². The molecular weight excluding hydrogens is 950 g/mol. The molecule has 0 aliphatic heterocycles. The van der Waals surface area contributed by atoms with Crippen LogP contribution in [-0.4, -0.2) is 194 Å². The lowest BCUT2D eigenvalue weighted by molar-refractivity contribution is 0.301. The van der Waals surface area contributed by atoms with Crippen molar-refractivity contribution in [3.8, 4) is 0 Å². The van der Waals surface area contributed by atoms with Crippen LogP contribution in [0.15, 0.2) is 12.7 Å². The molecule has 0 bridgehead atoms. The summed E-state index contributed by atoms with van der Waals surface area (Å²) >= 11 is 0. The fraction of sp³-hybridized carbons (Fsp3) is 0.889. The molecule has 9 N–H and O–H groups in total. The SMILES string of the molecule is C.C=CC.CC.CO[Si]([SiH3])([SiH2]O)[Si](O[SiH2]O)([Si](C)(C)O)[Si](O[Si](C)(C)O[Si](C)(C)C)(O[Si](O[SiH2]O)([SiH2]O)[Si](C)(C)O)[Si](O[Si](C)(C)O)([SiH2]O)[SiH2]O. The Balaban J connectivity index is -0.00000174. The normalized spacial score (nSPS) is 20.3. The second-order valence-corrected chi connectivity index (χ2v) is 120. The van der Waals surface area contributed by atoms with Gasteiger partial charge in [0.15, 0.2) is 36.2 Å². The van der Waals surface area contributed by atoms with Crippen molar-refractivity contribution in [1.82, 2.24) is 0 Å². The highest BCUT2D eigenvalue weighted by molar-refractivity contribution is 8.08. The summed E-state index contributed by atoms with van der Waals surface area (Å²) in [7, 11) is -39.3. The lowest BCUT2D eigenvalue weighted by atomic mass is 10.8. The van der Waals surface area contributed by atoms with Crippen molar-refractivity contribution >= 4 is 144 Å². The summed E-state index contributed by atoms with van der Waals surface area (Å²) in [5.74, 6) is 0. The molecule has 0 fully saturated rings. The Hall–Kier alpha value is 2.79. The standard InChI is InChI=1S/C12H60O16Si17.C3H6.C2H6.CH4/c1-22-43(29,33-16)45(24-31-14,39(9,10)21)42(27-40(11,12)25-36(2,3)4,44(34-17,35-18)26-37(5,6)19)28-41(32-15,23-30-13)38(7,8)20;1-3-2;1-2;/h13-21H,30-35H2,1-12,29H3;3H,1H2,2H3;1-2H3;1H4. The van der Waals surface area contributed by atoms with Crippen LogP contribution in [0.5, 0.6) is 0 Å². The summed E-state index contributed by atoms with van der Waals surface area (Å²) in [6.07, 6.45) is 1.75. The van der Waals surface area contributed by atoms with Crippen molar-refractivity contribution in [3.05, 3.63) is 12.7 Å². The number of hydrogen-bond acceptors (Lipinski definition) is 16. The minimum Gasteiger partial charge on any atom is -0.439 e. The fourth-order valence-electron chi connectivity index (χ4n) is 5.82. The van der Waals surface area contributed by atoms with Crippen LogP contribution in [0, 0.1) is 0 Å². The van der Waals surface area contributed by atoms with E-state index in [0.717, 1.165) is 0 Å². The third-order valence-corrected chi connectivity index (χ3v) is 182. The highest BCUT2D eigenvalue weighted by Crippen LogP contribution is 2.45. The molecule has 0 aromatic heterocycles. The van der Waals surface area contributed by atoms with Gasteiger partial charge >= 0.3 is 32.3 Å². The summed E-state index contributed by atoms with van der Waals surface area (Å²) in [6, 6.07) is 0. The van der Waals surface area contributed by atoms with E-state index in [4.69, 9.17) is 29.1 Å². The first-order valence-corrected chi connectivity index (χ1v) is 63.5. The molecule has 0 spiro atoms. The predicted molar refractivity (Wildman–Crippen MR) is 251 cm³/mol. The Morgan fingerprint density at radius 2 is 1.04 bits per heavy atom. The number of hydrogen-bond donors (Lipinski definition) is 9. The van der Waals surface area contributed by atoms with Crippen molar-refractivity contribution in [3.63, 3.8) is 0 Å². The minimum absolute atomic E-state index is 0. The molecule has 4 atom stereocenters. The second-order valence-electron chi connectivity index (χ2n) is 14.6. The van der Waals surface area contributed by atoms with Gasteiger partial charge in [-0.15, -0.1) is 6.58 Å². The van der Waals surface area contributed by atoms with Crippen LogP contribution in [0.1, 0.15) is 28.2 Å². The average molecular weight is 1030 g/mol. The molecule has 0 radical (unpaired) electrons. The Kier molecular flexibility index (Phi) is 28.5. The maximum atomic E-state index is 12.6. The number of rotatable bonds is 22. The van der Waals surface area contributed by atoms with Crippen molar-refractivity contribution < 1.29 is 72.3 Å². The maximum Gasteiger partial charge on any atom is 0.338 e. The van der Waals surface area contributed by atoms with Gasteiger partial charge in [0.2, 0.25) is 31.8 Å². The molecule has 0 aromatic rings. The second kappa shape index (κ2) is 24.0. The Labute approximate surface area is 333 Å². The maximum absolute atomic E-state index is 12.6. The zero-order chi connectivity index (χ0) is 40.9. The topological polar surface area (TPSA) is 247 Å². The molecule has 0 saturated carbocycles. The van der Waals surface area contributed by atoms with Gasteiger partial charge < -0.3 is 72.3 Å². The molecule has 0 heterocycles. The van der Waals surface area contributed by atoms with E-state index < -0.39 is 134 Å². The molecule has 0 rings (SSSR count). The molecule has 0 aliphatic rings. The summed E-state index contributed by atoms with van der Waals surface area (Å²) in [5, 5.41) is 0. The quantitative estimate of drug-likeness (QED) is 0.0362. The molecule has 0 aliphatic carbocycles. The monoisotopic (exact) mass is 1020 g/mol. The summed E-state index contributed by atoms with van der Waals surface area (Å²) in [4.78, 5) is 103. The molecule has 0 amide bonds. The molecule has 33 heteroatoms. The molecule has 0 saturated heterocycles. The predicted octanol–water partition coefficient (Wildman–Crippen LogP) is -6.54. The highest BCUT2D eigenvalue weighted by Gasteiger charge is 2.88. The smallest absolute Gasteiger partial charge is 0.338 e. The van der Waals surface area contributed by atoms with E-state index in [9.17, 15) is 43.2 Å². The van der Waals surface area contributed by atoms with E-state index in [2.05, 4.69) is 6.58 Å². The van der Waals surface area contributed by atoms with E-state index >= 15 is 0 Å². The first kappa shape index (κ1) is 60.5.